The number of aromatic nitrogens is 2. The van der Waals surface area contributed by atoms with Gasteiger partial charge < -0.3 is 9.88 Å². The first-order valence-corrected chi connectivity index (χ1v) is 8.29. The molecule has 0 radical (unpaired) electrons. The van der Waals surface area contributed by atoms with Crippen LogP contribution < -0.4 is 5.32 Å². The molecule has 0 spiro atoms. The fraction of sp³-hybridized carbons (Fsp3) is 0.750. The van der Waals surface area contributed by atoms with Crippen molar-refractivity contribution in [2.24, 2.45) is 7.05 Å². The molecule has 1 atom stereocenters. The zero-order chi connectivity index (χ0) is 14.8. The van der Waals surface area contributed by atoms with Gasteiger partial charge in [-0.05, 0) is 6.42 Å². The number of nitrogens with one attached hydrogen (secondary N) is 1. The van der Waals surface area contributed by atoms with Crippen LogP contribution in [0.15, 0.2) is 12.4 Å². The smallest absolute Gasteiger partial charge is 0.282 e. The molecule has 0 amide bonds. The number of nitrogens with zero attached hydrogens (tertiary/aromatic N) is 4. The van der Waals surface area contributed by atoms with Crippen LogP contribution in [0.1, 0.15) is 25.2 Å². The van der Waals surface area contributed by atoms with Crippen LogP contribution in [0, 0.1) is 0 Å². The van der Waals surface area contributed by atoms with Crippen LogP contribution in [0.5, 0.6) is 0 Å². The quantitative estimate of drug-likeness (QED) is 0.843. The van der Waals surface area contributed by atoms with Gasteiger partial charge in [0.05, 0.1) is 6.04 Å². The molecule has 9 heteroatoms. The lowest BCUT2D eigenvalue weighted by molar-refractivity contribution is 0.241. The molecule has 1 saturated heterocycles. The molecule has 0 bridgehead atoms. The van der Waals surface area contributed by atoms with Crippen molar-refractivity contribution in [1.82, 2.24) is 23.5 Å². The van der Waals surface area contributed by atoms with Gasteiger partial charge in [0.15, 0.2) is 0 Å². The second kappa shape index (κ2) is 7.55. The summed E-state index contributed by atoms with van der Waals surface area (Å²) in [7, 11) is 0.0788. The van der Waals surface area contributed by atoms with E-state index in [4.69, 9.17) is 0 Å². The normalized spacial score (nSPS) is 20.5. The van der Waals surface area contributed by atoms with Crippen molar-refractivity contribution in [2.75, 3.05) is 33.2 Å². The summed E-state index contributed by atoms with van der Waals surface area (Å²) < 4.78 is 30.2. The Hall–Kier alpha value is -0.670. The van der Waals surface area contributed by atoms with Crippen molar-refractivity contribution >= 4 is 22.6 Å². The van der Waals surface area contributed by atoms with Crippen LogP contribution in [-0.2, 0) is 17.3 Å². The van der Waals surface area contributed by atoms with Crippen molar-refractivity contribution in [3.8, 4) is 0 Å². The number of rotatable bonds is 5. The molecular weight excluding hydrogens is 314 g/mol. The molecule has 2 rings (SSSR count). The maximum Gasteiger partial charge on any atom is 0.282 e. The van der Waals surface area contributed by atoms with Gasteiger partial charge in [-0.2, -0.15) is 17.0 Å². The molecule has 1 unspecified atom stereocenters. The highest BCUT2D eigenvalue weighted by Gasteiger charge is 2.37. The maximum absolute atomic E-state index is 12.7. The molecule has 2 heterocycles. The minimum Gasteiger partial charge on any atom is -0.337 e. The summed E-state index contributed by atoms with van der Waals surface area (Å²) in [5.74, 6) is 0.769. The number of hydrogen-bond donors (Lipinski definition) is 1. The third-order valence-electron chi connectivity index (χ3n) is 3.58. The highest BCUT2D eigenvalue weighted by molar-refractivity contribution is 7.86. The van der Waals surface area contributed by atoms with Gasteiger partial charge in [0, 0.05) is 52.7 Å². The Morgan fingerprint density at radius 2 is 2.24 bits per heavy atom. The van der Waals surface area contributed by atoms with E-state index in [-0.39, 0.29) is 18.4 Å². The summed E-state index contributed by atoms with van der Waals surface area (Å²) in [5, 5.41) is 3.25. The highest BCUT2D eigenvalue weighted by atomic mass is 35.5. The predicted molar refractivity (Wildman–Crippen MR) is 84.6 cm³/mol. The minimum absolute atomic E-state index is 0. The summed E-state index contributed by atoms with van der Waals surface area (Å²) in [6, 6.07) is -0.256. The number of piperazine rings is 1. The Morgan fingerprint density at radius 3 is 2.81 bits per heavy atom. The summed E-state index contributed by atoms with van der Waals surface area (Å²) >= 11 is 0. The van der Waals surface area contributed by atoms with Gasteiger partial charge in [-0.3, -0.25) is 0 Å². The van der Waals surface area contributed by atoms with E-state index in [1.54, 1.807) is 17.5 Å². The Labute approximate surface area is 132 Å². The second-order valence-corrected chi connectivity index (χ2v) is 7.04. The van der Waals surface area contributed by atoms with Gasteiger partial charge >= 0.3 is 0 Å². The second-order valence-electron chi connectivity index (χ2n) is 5.06. The first-order chi connectivity index (χ1) is 9.48. The average molecular weight is 338 g/mol. The molecule has 1 fully saturated rings. The Balaban J connectivity index is 0.00000220. The lowest BCUT2D eigenvalue weighted by Crippen LogP contribution is -2.53. The molecule has 0 aliphatic carbocycles. The third kappa shape index (κ3) is 3.75. The minimum atomic E-state index is -3.44. The molecule has 1 aromatic heterocycles. The Bertz CT molecular complexity index is 548. The van der Waals surface area contributed by atoms with E-state index >= 15 is 0 Å². The van der Waals surface area contributed by atoms with E-state index in [0.717, 1.165) is 12.2 Å². The molecular formula is C12H24ClN5O2S. The van der Waals surface area contributed by atoms with Crippen LogP contribution in [0.3, 0.4) is 0 Å². The van der Waals surface area contributed by atoms with Crippen molar-refractivity contribution in [3.05, 3.63) is 18.2 Å². The molecule has 1 aromatic rings. The van der Waals surface area contributed by atoms with Gasteiger partial charge in [-0.1, -0.05) is 6.92 Å². The molecule has 122 valence electrons. The topological polar surface area (TPSA) is 70.5 Å². The maximum atomic E-state index is 12.7. The number of hydrogen-bond acceptors (Lipinski definition) is 4. The van der Waals surface area contributed by atoms with Crippen LogP contribution >= 0.6 is 12.4 Å². The Morgan fingerprint density at radius 1 is 1.52 bits per heavy atom. The van der Waals surface area contributed by atoms with Gasteiger partial charge in [-0.25, -0.2) is 4.98 Å². The van der Waals surface area contributed by atoms with Crippen LogP contribution in [0.2, 0.25) is 0 Å². The fourth-order valence-corrected chi connectivity index (χ4v) is 4.07. The standard InChI is InChI=1S/C12H23N5O2S.ClH/c1-4-7-16(3)20(18,19)17-9-5-13-10-11(17)12-14-6-8-15(12)2;/h6,8,11,13H,4-5,7,9-10H2,1-3H3;1H. The highest BCUT2D eigenvalue weighted by Crippen LogP contribution is 2.25. The summed E-state index contributed by atoms with van der Waals surface area (Å²) in [6.07, 6.45) is 4.34. The van der Waals surface area contributed by atoms with E-state index < -0.39 is 10.2 Å². The lowest BCUT2D eigenvalue weighted by atomic mass is 10.2. The number of halogens is 1. The lowest BCUT2D eigenvalue weighted by Gasteiger charge is -2.36. The molecule has 7 nitrogen and oxygen atoms in total. The van der Waals surface area contributed by atoms with Gasteiger partial charge in [0.2, 0.25) is 0 Å². The largest absolute Gasteiger partial charge is 0.337 e. The average Bonchev–Trinajstić information content (AvgIpc) is 2.85. The van der Waals surface area contributed by atoms with E-state index in [0.29, 0.717) is 26.2 Å². The zero-order valence-electron chi connectivity index (χ0n) is 12.7. The van der Waals surface area contributed by atoms with Crippen molar-refractivity contribution < 1.29 is 8.42 Å². The van der Waals surface area contributed by atoms with E-state index in [9.17, 15) is 8.42 Å². The molecule has 21 heavy (non-hydrogen) atoms. The van der Waals surface area contributed by atoms with Crippen molar-refractivity contribution in [1.29, 1.82) is 0 Å². The van der Waals surface area contributed by atoms with Crippen molar-refractivity contribution in [3.63, 3.8) is 0 Å². The number of imidazole rings is 1. The first-order valence-electron chi connectivity index (χ1n) is 6.89. The summed E-state index contributed by atoms with van der Waals surface area (Å²) in [4.78, 5) is 4.31. The third-order valence-corrected chi connectivity index (χ3v) is 5.58. The van der Waals surface area contributed by atoms with E-state index in [1.165, 1.54) is 4.31 Å². The van der Waals surface area contributed by atoms with E-state index in [2.05, 4.69) is 10.3 Å². The molecule has 1 N–H and O–H groups in total. The predicted octanol–water partition coefficient (Wildman–Crippen LogP) is 0.375. The van der Waals surface area contributed by atoms with Crippen LogP contribution in [-0.4, -0.2) is 59.8 Å². The molecule has 0 saturated carbocycles. The monoisotopic (exact) mass is 337 g/mol. The Kier molecular flexibility index (Phi) is 6.61. The van der Waals surface area contributed by atoms with Gasteiger partial charge in [-0.15, -0.1) is 12.4 Å². The van der Waals surface area contributed by atoms with E-state index in [1.807, 2.05) is 24.7 Å². The molecule has 1 aliphatic heterocycles. The summed E-state index contributed by atoms with van der Waals surface area (Å²) in [6.45, 7) is 4.22. The van der Waals surface area contributed by atoms with Gasteiger partial charge in [0.1, 0.15) is 5.82 Å². The molecule has 0 aromatic carbocycles. The first kappa shape index (κ1) is 18.4. The summed E-state index contributed by atoms with van der Waals surface area (Å²) in [5.41, 5.74) is 0. The number of aryl methyl sites for hydroxylation is 1. The SMILES string of the molecule is CCCN(C)S(=O)(=O)N1CCNCC1c1nccn1C.Cl. The van der Waals surface area contributed by atoms with Crippen LogP contribution in [0.4, 0.5) is 0 Å². The van der Waals surface area contributed by atoms with Crippen LogP contribution in [0.25, 0.3) is 0 Å². The molecule has 1 aliphatic rings. The van der Waals surface area contributed by atoms with Gasteiger partial charge in [0.25, 0.3) is 10.2 Å². The zero-order valence-corrected chi connectivity index (χ0v) is 14.3. The fourth-order valence-electron chi connectivity index (χ4n) is 2.49. The van der Waals surface area contributed by atoms with Crippen molar-refractivity contribution in [2.45, 2.75) is 19.4 Å².